The lowest BCUT2D eigenvalue weighted by Crippen LogP contribution is -2.16. The molecule has 0 aliphatic rings. The van der Waals surface area contributed by atoms with Crippen molar-refractivity contribution in [3.8, 4) is 0 Å². The number of hydrogen-bond donors (Lipinski definition) is 1. The number of hydrogen-bond acceptors (Lipinski definition) is 4. The molecule has 0 saturated heterocycles. The van der Waals surface area contributed by atoms with E-state index in [2.05, 4.69) is 36.5 Å². The van der Waals surface area contributed by atoms with Crippen LogP contribution in [-0.4, -0.2) is 35.2 Å². The molecule has 1 amide bonds. The van der Waals surface area contributed by atoms with Crippen molar-refractivity contribution in [1.29, 1.82) is 0 Å². The first kappa shape index (κ1) is 22.8. The highest BCUT2D eigenvalue weighted by molar-refractivity contribution is 9.10. The normalized spacial score (nSPS) is 11.2. The van der Waals surface area contributed by atoms with Crippen LogP contribution < -0.4 is 5.32 Å². The summed E-state index contributed by atoms with van der Waals surface area (Å²) in [6.45, 7) is 4.67. The van der Waals surface area contributed by atoms with E-state index in [1.165, 1.54) is 0 Å². The second-order valence-electron chi connectivity index (χ2n) is 7.09. The van der Waals surface area contributed by atoms with Crippen LogP contribution in [0.4, 0.5) is 5.82 Å². The van der Waals surface area contributed by atoms with Gasteiger partial charge in [-0.3, -0.25) is 14.2 Å². The Morgan fingerprint density at radius 3 is 2.50 bits per heavy atom. The summed E-state index contributed by atoms with van der Waals surface area (Å²) in [4.78, 5) is 12.7. The Balaban J connectivity index is 1.44. The molecule has 0 radical (unpaired) electrons. The first-order valence-corrected chi connectivity index (χ1v) is 11.3. The lowest BCUT2D eigenvalue weighted by atomic mass is 10.2. The lowest BCUT2D eigenvalue weighted by molar-refractivity contribution is 0.102. The lowest BCUT2D eigenvalue weighted by Gasteiger charge is -2.05. The van der Waals surface area contributed by atoms with Crippen LogP contribution in [0.5, 0.6) is 0 Å². The molecule has 0 unspecified atom stereocenters. The second-order valence-corrected chi connectivity index (χ2v) is 9.11. The van der Waals surface area contributed by atoms with Crippen LogP contribution in [0.15, 0.2) is 41.1 Å². The first-order chi connectivity index (χ1) is 15.2. The van der Waals surface area contributed by atoms with Gasteiger partial charge in [-0.2, -0.15) is 15.3 Å². The minimum atomic E-state index is -0.417. The minimum Gasteiger partial charge on any atom is -0.302 e. The summed E-state index contributed by atoms with van der Waals surface area (Å²) < 4.78 is 5.99. The van der Waals surface area contributed by atoms with Crippen molar-refractivity contribution in [3.05, 3.63) is 78.8 Å². The average Bonchev–Trinajstić information content (AvgIpc) is 3.41. The Morgan fingerprint density at radius 2 is 1.81 bits per heavy atom. The SMILES string of the molecule is Cc1nn(Cn2ccc(C(=O)Nc3nn(Cc4ccc(Cl)c(Cl)c4)cc3Cl)n2)c(C)c1Br. The van der Waals surface area contributed by atoms with Gasteiger partial charge in [0.2, 0.25) is 0 Å². The Bertz CT molecular complexity index is 1310. The van der Waals surface area contributed by atoms with Crippen molar-refractivity contribution < 1.29 is 4.79 Å². The van der Waals surface area contributed by atoms with Crippen LogP contribution in [0, 0.1) is 13.8 Å². The summed E-state index contributed by atoms with van der Waals surface area (Å²) in [6, 6.07) is 6.94. The first-order valence-electron chi connectivity index (χ1n) is 9.42. The summed E-state index contributed by atoms with van der Waals surface area (Å²) >= 11 is 21.8. The maximum Gasteiger partial charge on any atom is 0.277 e. The largest absolute Gasteiger partial charge is 0.302 e. The molecule has 4 rings (SSSR count). The molecule has 1 N–H and O–H groups in total. The average molecular weight is 558 g/mol. The fourth-order valence-corrected chi connectivity index (χ4v) is 3.87. The van der Waals surface area contributed by atoms with Crippen molar-refractivity contribution in [3.63, 3.8) is 0 Å². The van der Waals surface area contributed by atoms with Crippen LogP contribution in [0.2, 0.25) is 15.1 Å². The second kappa shape index (κ2) is 9.27. The molecule has 4 aromatic rings. The third-order valence-electron chi connectivity index (χ3n) is 4.72. The number of carbonyl (C=O) groups excluding carboxylic acids is 1. The number of halogens is 4. The van der Waals surface area contributed by atoms with E-state index in [0.29, 0.717) is 28.3 Å². The van der Waals surface area contributed by atoms with Gasteiger partial charge in [-0.05, 0) is 53.5 Å². The number of rotatable bonds is 6. The van der Waals surface area contributed by atoms with Crippen molar-refractivity contribution in [2.24, 2.45) is 0 Å². The smallest absolute Gasteiger partial charge is 0.277 e. The highest BCUT2D eigenvalue weighted by Gasteiger charge is 2.16. The van der Waals surface area contributed by atoms with E-state index < -0.39 is 5.91 Å². The molecule has 32 heavy (non-hydrogen) atoms. The molecule has 0 aliphatic heterocycles. The number of benzene rings is 1. The van der Waals surface area contributed by atoms with Gasteiger partial charge < -0.3 is 5.32 Å². The van der Waals surface area contributed by atoms with Gasteiger partial charge in [0.05, 0.1) is 32.5 Å². The molecule has 0 bridgehead atoms. The number of carbonyl (C=O) groups is 1. The van der Waals surface area contributed by atoms with Gasteiger partial charge in [-0.15, -0.1) is 0 Å². The summed E-state index contributed by atoms with van der Waals surface area (Å²) in [5.41, 5.74) is 2.99. The minimum absolute atomic E-state index is 0.237. The summed E-state index contributed by atoms with van der Waals surface area (Å²) in [5, 5.41) is 17.1. The molecular weight excluding hydrogens is 541 g/mol. The van der Waals surface area contributed by atoms with Gasteiger partial charge in [0.1, 0.15) is 11.7 Å². The molecule has 1 aromatic carbocycles. The van der Waals surface area contributed by atoms with E-state index in [1.54, 1.807) is 44.6 Å². The Morgan fingerprint density at radius 1 is 1.03 bits per heavy atom. The van der Waals surface area contributed by atoms with Crippen molar-refractivity contribution in [2.45, 2.75) is 27.1 Å². The van der Waals surface area contributed by atoms with Crippen LogP contribution in [0.1, 0.15) is 27.4 Å². The third kappa shape index (κ3) is 4.85. The van der Waals surface area contributed by atoms with E-state index >= 15 is 0 Å². The number of aromatic nitrogens is 6. The molecule has 3 heterocycles. The molecule has 0 spiro atoms. The number of nitrogens with one attached hydrogen (secondary N) is 1. The standard InChI is InChI=1S/C20H17BrCl3N7O/c1-11-18(21)12(2)31(26-11)10-29-6-5-17(27-29)20(32)25-19-16(24)9-30(28-19)8-13-3-4-14(22)15(23)7-13/h3-7,9H,8,10H2,1-2H3,(H,25,28,32). The van der Waals surface area contributed by atoms with E-state index in [4.69, 9.17) is 34.8 Å². The quantitative estimate of drug-likeness (QED) is 0.343. The molecular formula is C20H17BrCl3N7O. The Hall–Kier alpha value is -2.33. The van der Waals surface area contributed by atoms with E-state index in [1.807, 2.05) is 19.9 Å². The van der Waals surface area contributed by atoms with E-state index in [9.17, 15) is 4.79 Å². The Labute approximate surface area is 207 Å². The maximum absolute atomic E-state index is 12.7. The van der Waals surface area contributed by atoms with Gasteiger partial charge >= 0.3 is 0 Å². The predicted molar refractivity (Wildman–Crippen MR) is 128 cm³/mol. The van der Waals surface area contributed by atoms with Crippen LogP contribution in [-0.2, 0) is 13.2 Å². The fourth-order valence-electron chi connectivity index (χ4n) is 3.07. The summed E-state index contributed by atoms with van der Waals surface area (Å²) in [7, 11) is 0. The zero-order chi connectivity index (χ0) is 23.0. The van der Waals surface area contributed by atoms with Crippen LogP contribution >= 0.6 is 50.7 Å². The number of amides is 1. The molecule has 166 valence electrons. The van der Waals surface area contributed by atoms with Gasteiger partial charge in [0, 0.05) is 12.4 Å². The topological polar surface area (TPSA) is 82.6 Å². The third-order valence-corrected chi connectivity index (χ3v) is 6.89. The Kier molecular flexibility index (Phi) is 6.62. The van der Waals surface area contributed by atoms with Crippen molar-refractivity contribution in [1.82, 2.24) is 29.3 Å². The van der Waals surface area contributed by atoms with Crippen molar-refractivity contribution >= 4 is 62.5 Å². The van der Waals surface area contributed by atoms with E-state index in [0.717, 1.165) is 21.4 Å². The molecule has 0 saturated carbocycles. The fraction of sp³-hybridized carbons (Fsp3) is 0.200. The molecule has 12 heteroatoms. The summed E-state index contributed by atoms with van der Waals surface area (Å²) in [6.07, 6.45) is 3.34. The van der Waals surface area contributed by atoms with Crippen LogP contribution in [0.3, 0.4) is 0 Å². The predicted octanol–water partition coefficient (Wildman–Crippen LogP) is 5.42. The molecule has 0 aliphatic carbocycles. The number of nitrogens with zero attached hydrogens (tertiary/aromatic N) is 6. The van der Waals surface area contributed by atoms with Crippen LogP contribution in [0.25, 0.3) is 0 Å². The molecule has 0 fully saturated rings. The van der Waals surface area contributed by atoms with Gasteiger partial charge in [0.25, 0.3) is 5.91 Å². The number of aryl methyl sites for hydroxylation is 1. The zero-order valence-electron chi connectivity index (χ0n) is 17.0. The zero-order valence-corrected chi connectivity index (χ0v) is 20.8. The molecule has 8 nitrogen and oxygen atoms in total. The molecule has 0 atom stereocenters. The highest BCUT2D eigenvalue weighted by atomic mass is 79.9. The highest BCUT2D eigenvalue weighted by Crippen LogP contribution is 2.25. The summed E-state index contributed by atoms with van der Waals surface area (Å²) in [5.74, 6) is -0.172. The van der Waals surface area contributed by atoms with Gasteiger partial charge in [-0.1, -0.05) is 40.9 Å². The monoisotopic (exact) mass is 555 g/mol. The van der Waals surface area contributed by atoms with Gasteiger partial charge in [-0.25, -0.2) is 4.68 Å². The number of anilines is 1. The van der Waals surface area contributed by atoms with Crippen molar-refractivity contribution in [2.75, 3.05) is 5.32 Å². The van der Waals surface area contributed by atoms with E-state index in [-0.39, 0.29) is 11.5 Å². The molecule has 3 aromatic heterocycles. The maximum atomic E-state index is 12.7. The van der Waals surface area contributed by atoms with Gasteiger partial charge in [0.15, 0.2) is 11.5 Å².